The molecule has 0 spiro atoms. The topological polar surface area (TPSA) is 26.3 Å². The molecule has 0 rings (SSSR count). The Labute approximate surface area is 145 Å². The van der Waals surface area contributed by atoms with Crippen LogP contribution >= 0.6 is 0 Å². The maximum Gasteiger partial charge on any atom is 0.306 e. The molecular formula is C21H42O2. The molecule has 0 fully saturated rings. The molecule has 0 aromatic heterocycles. The van der Waals surface area contributed by atoms with Gasteiger partial charge in [0.15, 0.2) is 0 Å². The van der Waals surface area contributed by atoms with E-state index < -0.39 is 0 Å². The standard InChI is InChI=1S/C21H42O2/c1-4-7-9-10-11-12-13-14-15-16-18-20(17-6-3)23-21(22)19-8-5-2/h20H,4-19H2,1-3H3. The lowest BCUT2D eigenvalue weighted by atomic mass is 10.0. The molecule has 0 aromatic rings. The van der Waals surface area contributed by atoms with E-state index in [4.69, 9.17) is 4.74 Å². The van der Waals surface area contributed by atoms with Gasteiger partial charge < -0.3 is 4.74 Å². The second-order valence-corrected chi connectivity index (χ2v) is 6.97. The lowest BCUT2D eigenvalue weighted by Gasteiger charge is -2.17. The van der Waals surface area contributed by atoms with Crippen LogP contribution in [0.4, 0.5) is 0 Å². The van der Waals surface area contributed by atoms with Gasteiger partial charge in [0.2, 0.25) is 0 Å². The lowest BCUT2D eigenvalue weighted by Crippen LogP contribution is -2.18. The summed E-state index contributed by atoms with van der Waals surface area (Å²) in [6.07, 6.45) is 19.6. The zero-order chi connectivity index (χ0) is 17.2. The lowest BCUT2D eigenvalue weighted by molar-refractivity contribution is -0.149. The zero-order valence-electron chi connectivity index (χ0n) is 16.2. The van der Waals surface area contributed by atoms with E-state index >= 15 is 0 Å². The number of hydrogen-bond acceptors (Lipinski definition) is 2. The summed E-state index contributed by atoms with van der Waals surface area (Å²) in [6.45, 7) is 6.55. The summed E-state index contributed by atoms with van der Waals surface area (Å²) < 4.78 is 5.64. The first kappa shape index (κ1) is 22.5. The Balaban J connectivity index is 3.54. The molecular weight excluding hydrogens is 284 g/mol. The average molecular weight is 327 g/mol. The molecule has 2 heteroatoms. The first-order valence-corrected chi connectivity index (χ1v) is 10.4. The number of unbranched alkanes of at least 4 members (excludes halogenated alkanes) is 10. The van der Waals surface area contributed by atoms with Gasteiger partial charge in [-0.05, 0) is 25.7 Å². The fraction of sp³-hybridized carbons (Fsp3) is 0.952. The van der Waals surface area contributed by atoms with Crippen LogP contribution in [0.1, 0.15) is 124 Å². The Bertz CT molecular complexity index is 250. The third-order valence-electron chi connectivity index (χ3n) is 4.52. The summed E-state index contributed by atoms with van der Waals surface area (Å²) in [5.41, 5.74) is 0. The highest BCUT2D eigenvalue weighted by molar-refractivity contribution is 5.69. The van der Waals surface area contributed by atoms with Gasteiger partial charge in [0, 0.05) is 6.42 Å². The molecule has 0 aliphatic heterocycles. The number of hydrogen-bond donors (Lipinski definition) is 0. The van der Waals surface area contributed by atoms with E-state index in [-0.39, 0.29) is 12.1 Å². The minimum absolute atomic E-state index is 0.0115. The van der Waals surface area contributed by atoms with Gasteiger partial charge in [-0.3, -0.25) is 4.79 Å². The second kappa shape index (κ2) is 17.8. The van der Waals surface area contributed by atoms with Crippen LogP contribution in [0.2, 0.25) is 0 Å². The molecule has 1 unspecified atom stereocenters. The van der Waals surface area contributed by atoms with E-state index in [9.17, 15) is 4.79 Å². The number of carbonyl (C=O) groups is 1. The summed E-state index contributed by atoms with van der Waals surface area (Å²) in [4.78, 5) is 11.7. The molecule has 0 heterocycles. The van der Waals surface area contributed by atoms with Gasteiger partial charge in [0.1, 0.15) is 6.10 Å². The highest BCUT2D eigenvalue weighted by Gasteiger charge is 2.12. The van der Waals surface area contributed by atoms with Crippen LogP contribution in [0.5, 0.6) is 0 Å². The molecule has 0 saturated heterocycles. The molecule has 23 heavy (non-hydrogen) atoms. The van der Waals surface area contributed by atoms with Crippen LogP contribution in [-0.4, -0.2) is 12.1 Å². The molecule has 0 radical (unpaired) electrons. The van der Waals surface area contributed by atoms with Crippen molar-refractivity contribution in [1.29, 1.82) is 0 Å². The third-order valence-corrected chi connectivity index (χ3v) is 4.52. The van der Waals surface area contributed by atoms with Crippen molar-refractivity contribution in [2.75, 3.05) is 0 Å². The smallest absolute Gasteiger partial charge is 0.306 e. The highest BCUT2D eigenvalue weighted by Crippen LogP contribution is 2.16. The van der Waals surface area contributed by atoms with Gasteiger partial charge in [-0.2, -0.15) is 0 Å². The first-order valence-electron chi connectivity index (χ1n) is 10.4. The summed E-state index contributed by atoms with van der Waals surface area (Å²) in [7, 11) is 0. The SMILES string of the molecule is CCCCCCCCCCCCC(CCC)OC(=O)CCCC. The van der Waals surface area contributed by atoms with E-state index in [1.807, 2.05) is 0 Å². The van der Waals surface area contributed by atoms with Crippen molar-refractivity contribution < 1.29 is 9.53 Å². The minimum Gasteiger partial charge on any atom is -0.462 e. The van der Waals surface area contributed by atoms with Gasteiger partial charge in [-0.15, -0.1) is 0 Å². The molecule has 1 atom stereocenters. The molecule has 0 N–H and O–H groups in total. The number of carbonyl (C=O) groups excluding carboxylic acids is 1. The molecule has 0 saturated carbocycles. The third kappa shape index (κ3) is 16.1. The predicted octanol–water partition coefficient (Wildman–Crippen LogP) is 7.20. The normalized spacial score (nSPS) is 12.3. The van der Waals surface area contributed by atoms with Gasteiger partial charge in [0.05, 0.1) is 0 Å². The van der Waals surface area contributed by atoms with E-state index in [1.54, 1.807) is 0 Å². The number of rotatable bonds is 17. The van der Waals surface area contributed by atoms with Crippen molar-refractivity contribution in [3.8, 4) is 0 Å². The van der Waals surface area contributed by atoms with Crippen LogP contribution in [0, 0.1) is 0 Å². The summed E-state index contributed by atoms with van der Waals surface area (Å²) in [5, 5.41) is 0. The molecule has 138 valence electrons. The largest absolute Gasteiger partial charge is 0.462 e. The van der Waals surface area contributed by atoms with E-state index in [0.717, 1.165) is 32.1 Å². The van der Waals surface area contributed by atoms with E-state index in [0.29, 0.717) is 6.42 Å². The van der Waals surface area contributed by atoms with Crippen molar-refractivity contribution in [3.63, 3.8) is 0 Å². The fourth-order valence-corrected chi connectivity index (χ4v) is 3.01. The highest BCUT2D eigenvalue weighted by atomic mass is 16.5. The van der Waals surface area contributed by atoms with E-state index in [1.165, 1.54) is 64.2 Å². The molecule has 2 nitrogen and oxygen atoms in total. The minimum atomic E-state index is 0.0115. The summed E-state index contributed by atoms with van der Waals surface area (Å²) in [5.74, 6) is 0.0115. The second-order valence-electron chi connectivity index (χ2n) is 6.97. The van der Waals surface area contributed by atoms with Crippen molar-refractivity contribution in [1.82, 2.24) is 0 Å². The van der Waals surface area contributed by atoms with Crippen LogP contribution < -0.4 is 0 Å². The molecule has 0 aliphatic rings. The molecule has 0 aromatic carbocycles. The summed E-state index contributed by atoms with van der Waals surface area (Å²) in [6, 6.07) is 0. The fourth-order valence-electron chi connectivity index (χ4n) is 3.01. The van der Waals surface area contributed by atoms with Crippen LogP contribution in [-0.2, 0) is 9.53 Å². The molecule has 0 amide bonds. The van der Waals surface area contributed by atoms with Crippen LogP contribution in [0.15, 0.2) is 0 Å². The van der Waals surface area contributed by atoms with Crippen LogP contribution in [0.25, 0.3) is 0 Å². The van der Waals surface area contributed by atoms with Crippen molar-refractivity contribution >= 4 is 5.97 Å². The zero-order valence-corrected chi connectivity index (χ0v) is 16.2. The van der Waals surface area contributed by atoms with Crippen molar-refractivity contribution in [2.45, 2.75) is 130 Å². The maximum absolute atomic E-state index is 11.7. The first-order chi connectivity index (χ1) is 11.2. The van der Waals surface area contributed by atoms with Gasteiger partial charge >= 0.3 is 5.97 Å². The van der Waals surface area contributed by atoms with Gasteiger partial charge in [-0.25, -0.2) is 0 Å². The van der Waals surface area contributed by atoms with Crippen LogP contribution in [0.3, 0.4) is 0 Å². The van der Waals surface area contributed by atoms with E-state index in [2.05, 4.69) is 20.8 Å². The Hall–Kier alpha value is -0.530. The Kier molecular flexibility index (Phi) is 17.4. The Morgan fingerprint density at radius 1 is 0.652 bits per heavy atom. The number of esters is 1. The number of ether oxygens (including phenoxy) is 1. The van der Waals surface area contributed by atoms with Gasteiger partial charge in [0.25, 0.3) is 0 Å². The quantitative estimate of drug-likeness (QED) is 0.209. The Morgan fingerprint density at radius 2 is 1.17 bits per heavy atom. The van der Waals surface area contributed by atoms with Gasteiger partial charge in [-0.1, -0.05) is 91.4 Å². The molecule has 0 aliphatic carbocycles. The van der Waals surface area contributed by atoms with Crippen molar-refractivity contribution in [3.05, 3.63) is 0 Å². The van der Waals surface area contributed by atoms with Crippen molar-refractivity contribution in [2.24, 2.45) is 0 Å². The maximum atomic E-state index is 11.7. The Morgan fingerprint density at radius 3 is 1.70 bits per heavy atom. The monoisotopic (exact) mass is 326 g/mol. The average Bonchev–Trinajstić information content (AvgIpc) is 2.54. The summed E-state index contributed by atoms with van der Waals surface area (Å²) >= 11 is 0. The molecule has 0 bridgehead atoms. The predicted molar refractivity (Wildman–Crippen MR) is 101 cm³/mol.